The van der Waals surface area contributed by atoms with Crippen LogP contribution in [-0.4, -0.2) is 96.7 Å². The van der Waals surface area contributed by atoms with Gasteiger partial charge in [-0.15, -0.1) is 0 Å². The van der Waals surface area contributed by atoms with Crippen molar-refractivity contribution in [2.45, 2.75) is 369 Å². The Morgan fingerprint density at radius 1 is 0.311 bits per heavy atom. The van der Waals surface area contributed by atoms with Crippen LogP contribution in [0.4, 0.5) is 0 Å². The number of rotatable bonds is 68. The Morgan fingerprint density at radius 2 is 0.533 bits per heavy atom. The van der Waals surface area contributed by atoms with Gasteiger partial charge >= 0.3 is 39.5 Å². The van der Waals surface area contributed by atoms with Gasteiger partial charge in [0.1, 0.15) is 19.3 Å². The Labute approximate surface area is 549 Å². The largest absolute Gasteiger partial charge is 0.472 e. The summed E-state index contributed by atoms with van der Waals surface area (Å²) in [6, 6.07) is 0. The van der Waals surface area contributed by atoms with Crippen molar-refractivity contribution >= 4 is 39.5 Å². The van der Waals surface area contributed by atoms with Gasteiger partial charge in [-0.05, 0) is 49.4 Å². The number of carbonyl (C=O) groups excluding carboxylic acids is 4. The summed E-state index contributed by atoms with van der Waals surface area (Å²) in [5.74, 6) is 0.882. The monoisotopic (exact) mass is 1320 g/mol. The van der Waals surface area contributed by atoms with Crippen molar-refractivity contribution in [2.75, 3.05) is 39.6 Å². The molecule has 19 heteroatoms. The molecule has 6 atom stereocenters. The van der Waals surface area contributed by atoms with E-state index in [1.165, 1.54) is 148 Å². The molecule has 0 aromatic heterocycles. The Morgan fingerprint density at radius 3 is 0.789 bits per heavy atom. The quantitative estimate of drug-likeness (QED) is 0.0222. The number of hydrogen-bond acceptors (Lipinski definition) is 15. The second kappa shape index (κ2) is 60.7. The minimum atomic E-state index is -4.95. The van der Waals surface area contributed by atoms with Crippen LogP contribution in [0.1, 0.15) is 351 Å². The molecule has 0 rings (SSSR count). The van der Waals surface area contributed by atoms with E-state index in [-0.39, 0.29) is 25.7 Å². The minimum absolute atomic E-state index is 0.105. The molecule has 0 aromatic carbocycles. The SMILES string of the molecule is CCC(C)CCCCCCCCCCCCC(=O)O[C@H](COC(=O)CCCCCCCCCC(C)C)COP(=O)(O)OCC(O)COP(=O)(O)OC[C@@H](COC(=O)CCCCCCCCCCC(C)C)OC(=O)CCCCCCCCCCCCCCC(C)C. The second-order valence-electron chi connectivity index (χ2n) is 27.3. The molecule has 0 saturated heterocycles. The van der Waals surface area contributed by atoms with E-state index in [0.717, 1.165) is 114 Å². The molecule has 534 valence electrons. The molecule has 0 saturated carbocycles. The highest BCUT2D eigenvalue weighted by Crippen LogP contribution is 2.45. The van der Waals surface area contributed by atoms with Gasteiger partial charge in [0.2, 0.25) is 0 Å². The van der Waals surface area contributed by atoms with Gasteiger partial charge in [0.05, 0.1) is 26.4 Å². The smallest absolute Gasteiger partial charge is 0.462 e. The van der Waals surface area contributed by atoms with Crippen LogP contribution in [0, 0.1) is 23.7 Å². The fraction of sp³-hybridized carbons (Fsp3) is 0.944. The lowest BCUT2D eigenvalue weighted by atomic mass is 9.99. The molecule has 0 aromatic rings. The zero-order chi connectivity index (χ0) is 66.8. The normalized spacial score (nSPS) is 14.6. The lowest BCUT2D eigenvalue weighted by Gasteiger charge is -2.21. The zero-order valence-corrected chi connectivity index (χ0v) is 60.6. The molecule has 17 nitrogen and oxygen atoms in total. The fourth-order valence-electron chi connectivity index (χ4n) is 10.6. The van der Waals surface area contributed by atoms with Crippen LogP contribution in [0.25, 0.3) is 0 Å². The van der Waals surface area contributed by atoms with Crippen molar-refractivity contribution < 1.29 is 80.2 Å². The topological polar surface area (TPSA) is 237 Å². The molecule has 0 heterocycles. The van der Waals surface area contributed by atoms with Crippen LogP contribution in [0.3, 0.4) is 0 Å². The molecule has 0 amide bonds. The van der Waals surface area contributed by atoms with Crippen LogP contribution < -0.4 is 0 Å². The first kappa shape index (κ1) is 88.1. The first-order valence-electron chi connectivity index (χ1n) is 36.7. The third kappa shape index (κ3) is 63.5. The summed E-state index contributed by atoms with van der Waals surface area (Å²) in [5, 5.41) is 10.6. The van der Waals surface area contributed by atoms with E-state index in [1.807, 2.05) is 0 Å². The first-order chi connectivity index (χ1) is 43.1. The summed E-state index contributed by atoms with van der Waals surface area (Å²) in [4.78, 5) is 72.6. The number of phosphoric ester groups is 2. The van der Waals surface area contributed by atoms with E-state index in [0.29, 0.717) is 31.6 Å². The van der Waals surface area contributed by atoms with E-state index in [9.17, 15) is 43.2 Å². The Hall–Kier alpha value is -1.94. The van der Waals surface area contributed by atoms with Crippen molar-refractivity contribution in [3.05, 3.63) is 0 Å². The number of phosphoric acid groups is 2. The lowest BCUT2D eigenvalue weighted by Crippen LogP contribution is -2.30. The summed E-state index contributed by atoms with van der Waals surface area (Å²) < 4.78 is 68.3. The maximum atomic E-state index is 13.0. The van der Waals surface area contributed by atoms with Crippen molar-refractivity contribution in [1.29, 1.82) is 0 Å². The summed E-state index contributed by atoms with van der Waals surface area (Å²) in [5.41, 5.74) is 0. The Bertz CT molecular complexity index is 1780. The Balaban J connectivity index is 5.26. The molecule has 3 N–H and O–H groups in total. The molecule has 0 aliphatic carbocycles. The Kier molecular flexibility index (Phi) is 59.4. The molecular formula is C71H138O17P2. The molecule has 0 aliphatic rings. The maximum Gasteiger partial charge on any atom is 0.472 e. The number of unbranched alkanes of at least 4 members (excludes halogenated alkanes) is 33. The number of ether oxygens (including phenoxy) is 4. The number of aliphatic hydroxyl groups is 1. The highest BCUT2D eigenvalue weighted by atomic mass is 31.2. The van der Waals surface area contributed by atoms with Crippen LogP contribution in [-0.2, 0) is 65.4 Å². The predicted molar refractivity (Wildman–Crippen MR) is 363 cm³/mol. The van der Waals surface area contributed by atoms with E-state index in [1.54, 1.807) is 0 Å². The van der Waals surface area contributed by atoms with Crippen LogP contribution in [0.5, 0.6) is 0 Å². The van der Waals surface area contributed by atoms with E-state index >= 15 is 0 Å². The van der Waals surface area contributed by atoms with Crippen LogP contribution in [0.2, 0.25) is 0 Å². The highest BCUT2D eigenvalue weighted by molar-refractivity contribution is 7.47. The minimum Gasteiger partial charge on any atom is -0.462 e. The van der Waals surface area contributed by atoms with Gasteiger partial charge in [0.15, 0.2) is 12.2 Å². The van der Waals surface area contributed by atoms with Crippen molar-refractivity contribution in [2.24, 2.45) is 23.7 Å². The highest BCUT2D eigenvalue weighted by Gasteiger charge is 2.30. The van der Waals surface area contributed by atoms with Crippen molar-refractivity contribution in [3.63, 3.8) is 0 Å². The molecular weight excluding hydrogens is 1190 g/mol. The molecule has 4 unspecified atom stereocenters. The van der Waals surface area contributed by atoms with E-state index < -0.39 is 97.5 Å². The number of hydrogen-bond donors (Lipinski definition) is 3. The summed E-state index contributed by atoms with van der Waals surface area (Å²) in [6.45, 7) is 14.1. The summed E-state index contributed by atoms with van der Waals surface area (Å²) >= 11 is 0. The van der Waals surface area contributed by atoms with E-state index in [2.05, 4.69) is 55.4 Å². The molecule has 0 aliphatic heterocycles. The first-order valence-corrected chi connectivity index (χ1v) is 39.7. The van der Waals surface area contributed by atoms with E-state index in [4.69, 9.17) is 37.0 Å². The second-order valence-corrected chi connectivity index (χ2v) is 30.2. The van der Waals surface area contributed by atoms with Crippen LogP contribution >= 0.6 is 15.6 Å². The molecule has 90 heavy (non-hydrogen) atoms. The van der Waals surface area contributed by atoms with Gasteiger partial charge in [0.25, 0.3) is 0 Å². The molecule has 0 fully saturated rings. The molecule has 0 spiro atoms. The predicted octanol–water partition coefficient (Wildman–Crippen LogP) is 20.1. The van der Waals surface area contributed by atoms with Gasteiger partial charge in [0, 0.05) is 25.7 Å². The lowest BCUT2D eigenvalue weighted by molar-refractivity contribution is -0.161. The number of aliphatic hydroxyl groups excluding tert-OH is 1. The standard InChI is InChI=1S/C71H138O17P2/c1-9-64(8)50-42-34-26-17-14-15-19-29-38-46-54-71(76)88-67(58-82-69(74)52-44-36-30-22-25-33-41-49-63(6)7)60-86-90(79,80)84-56-65(72)55-83-89(77,78)85-59-66(57-81-68(73)51-43-35-27-21-20-24-32-40-48-62(4)5)87-70(75)53-45-37-28-18-13-11-10-12-16-23-31-39-47-61(2)3/h61-67,72H,9-60H2,1-8H3,(H,77,78)(H,79,80)/t64?,65?,66-,67-/m1/s1. The summed E-state index contributed by atoms with van der Waals surface area (Å²) in [6.07, 6.45) is 43.0. The fourth-order valence-corrected chi connectivity index (χ4v) is 12.2. The third-order valence-electron chi connectivity index (χ3n) is 16.7. The van der Waals surface area contributed by atoms with Crippen molar-refractivity contribution in [3.8, 4) is 0 Å². The number of esters is 4. The summed E-state index contributed by atoms with van der Waals surface area (Å²) in [7, 11) is -9.90. The maximum absolute atomic E-state index is 13.0. The number of carbonyl (C=O) groups is 4. The average molecular weight is 1330 g/mol. The van der Waals surface area contributed by atoms with Crippen LogP contribution in [0.15, 0.2) is 0 Å². The molecule has 0 bridgehead atoms. The molecule has 0 radical (unpaired) electrons. The average Bonchev–Trinajstić information content (AvgIpc) is 3.71. The van der Waals surface area contributed by atoms with Gasteiger partial charge in [-0.3, -0.25) is 37.3 Å². The zero-order valence-electron chi connectivity index (χ0n) is 58.8. The van der Waals surface area contributed by atoms with Gasteiger partial charge in [-0.2, -0.15) is 0 Å². The van der Waals surface area contributed by atoms with Gasteiger partial charge < -0.3 is 33.8 Å². The van der Waals surface area contributed by atoms with Crippen molar-refractivity contribution in [1.82, 2.24) is 0 Å². The van der Waals surface area contributed by atoms with Gasteiger partial charge in [-0.1, -0.05) is 299 Å². The van der Waals surface area contributed by atoms with Gasteiger partial charge in [-0.25, -0.2) is 9.13 Å². The third-order valence-corrected chi connectivity index (χ3v) is 18.6.